The van der Waals surface area contributed by atoms with Gasteiger partial charge >= 0.3 is 0 Å². The van der Waals surface area contributed by atoms with Gasteiger partial charge in [-0.05, 0) is 66.2 Å². The van der Waals surface area contributed by atoms with Crippen molar-refractivity contribution < 1.29 is 14.4 Å². The van der Waals surface area contributed by atoms with E-state index in [2.05, 4.69) is 21.5 Å². The van der Waals surface area contributed by atoms with Crippen LogP contribution in [0.3, 0.4) is 0 Å². The largest absolute Gasteiger partial charge is 0.326 e. The van der Waals surface area contributed by atoms with E-state index in [-0.39, 0.29) is 16.9 Å². The van der Waals surface area contributed by atoms with E-state index in [1.807, 2.05) is 13.8 Å². The number of rotatable bonds is 6. The molecule has 0 fully saturated rings. The Hall–Kier alpha value is -3.23. The first-order chi connectivity index (χ1) is 14.7. The summed E-state index contributed by atoms with van der Waals surface area (Å²) in [5.41, 5.74) is 6.62. The Morgan fingerprint density at radius 1 is 1.00 bits per heavy atom. The first kappa shape index (κ1) is 24.0. The van der Waals surface area contributed by atoms with Gasteiger partial charge < -0.3 is 5.32 Å². The lowest BCUT2D eigenvalue weighted by Crippen LogP contribution is -2.48. The number of benzene rings is 2. The highest BCUT2D eigenvalue weighted by atomic mass is 35.5. The fourth-order valence-corrected chi connectivity index (χ4v) is 2.68. The second kappa shape index (κ2) is 11.8. The number of halogens is 1. The highest BCUT2D eigenvalue weighted by Gasteiger charge is 2.09. The zero-order chi connectivity index (χ0) is 22.8. The molecule has 2 rings (SSSR count). The molecule has 4 N–H and O–H groups in total. The average molecular weight is 459 g/mol. The summed E-state index contributed by atoms with van der Waals surface area (Å²) in [5.74, 6) is -0.731. The smallest absolute Gasteiger partial charge is 0.269 e. The van der Waals surface area contributed by atoms with Crippen molar-refractivity contribution in [2.45, 2.75) is 20.3 Å². The van der Waals surface area contributed by atoms with Gasteiger partial charge in [0.25, 0.3) is 5.91 Å². The molecule has 2 aromatic rings. The monoisotopic (exact) mass is 458 g/mol. The van der Waals surface area contributed by atoms with Gasteiger partial charge in [-0.25, -0.2) is 0 Å². The molecule has 162 valence electrons. The van der Waals surface area contributed by atoms with E-state index in [1.54, 1.807) is 54.6 Å². The minimum absolute atomic E-state index is 0.0586. The Kier molecular flexibility index (Phi) is 9.17. The molecule has 0 atom stereocenters. The molecular weight excluding hydrogens is 436 g/mol. The fourth-order valence-electron chi connectivity index (χ4n) is 2.40. The van der Waals surface area contributed by atoms with E-state index < -0.39 is 11.8 Å². The van der Waals surface area contributed by atoms with E-state index >= 15 is 0 Å². The summed E-state index contributed by atoms with van der Waals surface area (Å²) in [6, 6.07) is 13.4. The third kappa shape index (κ3) is 8.98. The zero-order valence-corrected chi connectivity index (χ0v) is 18.6. The van der Waals surface area contributed by atoms with E-state index in [4.69, 9.17) is 23.8 Å². The predicted octanol–water partition coefficient (Wildman–Crippen LogP) is 3.67. The zero-order valence-electron chi connectivity index (χ0n) is 17.1. The summed E-state index contributed by atoms with van der Waals surface area (Å²) >= 11 is 10.8. The highest BCUT2D eigenvalue weighted by Crippen LogP contribution is 2.12. The topological polar surface area (TPSA) is 99.3 Å². The summed E-state index contributed by atoms with van der Waals surface area (Å²) in [7, 11) is 0. The summed E-state index contributed by atoms with van der Waals surface area (Å²) in [6.07, 6.45) is 3.34. The molecule has 0 aliphatic rings. The number of hydrazine groups is 1. The maximum atomic E-state index is 12.2. The number of carbonyl (C=O) groups excluding carboxylic acids is 3. The standard InChI is InChI=1S/C22H23ClN4O3S/c1-14(2)13-20(29)24-18-10-6-16(7-11-18)21(30)26-27-22(31)25-19(28)12-5-15-3-8-17(23)9-4-15/h3-12,14H,13H2,1-2H3,(H,24,29)(H,26,30)(H2,25,27,28,31)/b12-5+. The number of hydrogen-bond donors (Lipinski definition) is 4. The third-order valence-electron chi connectivity index (χ3n) is 3.85. The van der Waals surface area contributed by atoms with Gasteiger partial charge in [-0.1, -0.05) is 37.6 Å². The number of anilines is 1. The van der Waals surface area contributed by atoms with Crippen molar-refractivity contribution in [3.8, 4) is 0 Å². The van der Waals surface area contributed by atoms with Crippen molar-refractivity contribution in [2.24, 2.45) is 5.92 Å². The number of amides is 3. The Balaban J connectivity index is 1.78. The first-order valence-corrected chi connectivity index (χ1v) is 10.3. The van der Waals surface area contributed by atoms with Crippen LogP contribution in [-0.2, 0) is 9.59 Å². The Bertz CT molecular complexity index is 973. The SMILES string of the molecule is CC(C)CC(=O)Nc1ccc(C(=O)NNC(=S)NC(=O)/C=C/c2ccc(Cl)cc2)cc1. The molecular formula is C22H23ClN4O3S. The normalized spacial score (nSPS) is 10.6. The van der Waals surface area contributed by atoms with E-state index in [1.165, 1.54) is 6.08 Å². The third-order valence-corrected chi connectivity index (χ3v) is 4.30. The average Bonchev–Trinajstić information content (AvgIpc) is 2.71. The van der Waals surface area contributed by atoms with Gasteiger partial charge in [0.15, 0.2) is 5.11 Å². The van der Waals surface area contributed by atoms with Crippen LogP contribution in [0.25, 0.3) is 6.08 Å². The maximum absolute atomic E-state index is 12.2. The van der Waals surface area contributed by atoms with Crippen LogP contribution in [0.2, 0.25) is 5.02 Å². The summed E-state index contributed by atoms with van der Waals surface area (Å²) < 4.78 is 0. The summed E-state index contributed by atoms with van der Waals surface area (Å²) in [4.78, 5) is 35.9. The molecule has 2 aromatic carbocycles. The molecule has 0 aliphatic carbocycles. The molecule has 0 bridgehead atoms. The Labute approximate surface area is 191 Å². The van der Waals surface area contributed by atoms with E-state index in [0.29, 0.717) is 22.7 Å². The van der Waals surface area contributed by atoms with E-state index in [9.17, 15) is 14.4 Å². The lowest BCUT2D eigenvalue weighted by Gasteiger charge is -2.11. The van der Waals surface area contributed by atoms with Crippen LogP contribution in [0.5, 0.6) is 0 Å². The minimum atomic E-state index is -0.455. The van der Waals surface area contributed by atoms with Gasteiger partial charge in [-0.2, -0.15) is 0 Å². The predicted molar refractivity (Wildman–Crippen MR) is 126 cm³/mol. The second-order valence-electron chi connectivity index (χ2n) is 7.01. The molecule has 0 saturated carbocycles. The maximum Gasteiger partial charge on any atom is 0.269 e. The summed E-state index contributed by atoms with van der Waals surface area (Å²) in [6.45, 7) is 3.92. The van der Waals surface area contributed by atoms with Crippen LogP contribution in [0.4, 0.5) is 5.69 Å². The molecule has 0 radical (unpaired) electrons. The quantitative estimate of drug-likeness (QED) is 0.300. The lowest BCUT2D eigenvalue weighted by atomic mass is 10.1. The molecule has 0 saturated heterocycles. The molecule has 0 unspecified atom stereocenters. The van der Waals surface area contributed by atoms with Gasteiger partial charge in [0.05, 0.1) is 0 Å². The molecule has 9 heteroatoms. The molecule has 0 aromatic heterocycles. The molecule has 0 aliphatic heterocycles. The van der Waals surface area contributed by atoms with Crippen molar-refractivity contribution in [2.75, 3.05) is 5.32 Å². The van der Waals surface area contributed by atoms with Crippen molar-refractivity contribution in [3.05, 3.63) is 70.8 Å². The van der Waals surface area contributed by atoms with Gasteiger partial charge in [0.1, 0.15) is 0 Å². The minimum Gasteiger partial charge on any atom is -0.326 e. The molecule has 3 amide bonds. The van der Waals surface area contributed by atoms with Crippen LogP contribution >= 0.6 is 23.8 Å². The van der Waals surface area contributed by atoms with Gasteiger partial charge in [-0.15, -0.1) is 0 Å². The van der Waals surface area contributed by atoms with Crippen molar-refractivity contribution >= 4 is 58.4 Å². The number of thiocarbonyl (C=S) groups is 1. The van der Waals surface area contributed by atoms with Crippen LogP contribution in [0.15, 0.2) is 54.6 Å². The van der Waals surface area contributed by atoms with Gasteiger partial charge in [0, 0.05) is 28.8 Å². The Morgan fingerprint density at radius 2 is 1.65 bits per heavy atom. The molecule has 0 heterocycles. The van der Waals surface area contributed by atoms with Gasteiger partial charge in [-0.3, -0.25) is 30.6 Å². The lowest BCUT2D eigenvalue weighted by molar-refractivity contribution is -0.117. The number of hydrogen-bond acceptors (Lipinski definition) is 4. The Morgan fingerprint density at radius 3 is 2.26 bits per heavy atom. The molecule has 31 heavy (non-hydrogen) atoms. The van der Waals surface area contributed by atoms with Crippen molar-refractivity contribution in [1.82, 2.24) is 16.2 Å². The van der Waals surface area contributed by atoms with Crippen LogP contribution in [0, 0.1) is 5.92 Å². The highest BCUT2D eigenvalue weighted by molar-refractivity contribution is 7.80. The second-order valence-corrected chi connectivity index (χ2v) is 7.85. The van der Waals surface area contributed by atoms with E-state index in [0.717, 1.165) is 5.56 Å². The number of carbonyl (C=O) groups is 3. The van der Waals surface area contributed by atoms with Crippen LogP contribution < -0.4 is 21.5 Å². The van der Waals surface area contributed by atoms with Crippen molar-refractivity contribution in [1.29, 1.82) is 0 Å². The summed E-state index contributed by atoms with van der Waals surface area (Å²) in [5, 5.41) is 5.74. The van der Waals surface area contributed by atoms with Crippen molar-refractivity contribution in [3.63, 3.8) is 0 Å². The molecule has 0 spiro atoms. The molecule has 7 nitrogen and oxygen atoms in total. The number of nitrogens with one attached hydrogen (secondary N) is 4. The van der Waals surface area contributed by atoms with Crippen LogP contribution in [0.1, 0.15) is 36.2 Å². The van der Waals surface area contributed by atoms with Gasteiger partial charge in [0.2, 0.25) is 11.8 Å². The van der Waals surface area contributed by atoms with Crippen LogP contribution in [-0.4, -0.2) is 22.8 Å². The first-order valence-electron chi connectivity index (χ1n) is 9.48. The fraction of sp³-hybridized carbons (Fsp3) is 0.182.